The van der Waals surface area contributed by atoms with Gasteiger partial charge in [0.05, 0.1) is 5.75 Å². The van der Waals surface area contributed by atoms with Gasteiger partial charge >= 0.3 is 5.97 Å². The van der Waals surface area contributed by atoms with Crippen LogP contribution < -0.4 is 10.5 Å². The Kier molecular flexibility index (Phi) is 7.16. The molecule has 1 aromatic heterocycles. The zero-order valence-electron chi connectivity index (χ0n) is 15.6. The SMILES string of the molecule is CC(=O)OC(C)(C)c1nsc(NS(=O)(=O)CC=Cc2cccc(Cl)c2CN)n1. The van der Waals surface area contributed by atoms with Crippen LogP contribution in [0.1, 0.15) is 37.7 Å². The van der Waals surface area contributed by atoms with Crippen LogP contribution in [0.5, 0.6) is 0 Å². The Morgan fingerprint density at radius 3 is 2.79 bits per heavy atom. The molecular weight excluding hydrogens is 424 g/mol. The van der Waals surface area contributed by atoms with Crippen LogP contribution in [0.15, 0.2) is 24.3 Å². The van der Waals surface area contributed by atoms with Gasteiger partial charge in [0, 0.05) is 30.0 Å². The predicted molar refractivity (Wildman–Crippen MR) is 110 cm³/mol. The first-order valence-electron chi connectivity index (χ1n) is 8.22. The monoisotopic (exact) mass is 444 g/mol. The molecule has 1 heterocycles. The average Bonchev–Trinajstić information content (AvgIpc) is 3.02. The maximum absolute atomic E-state index is 12.3. The van der Waals surface area contributed by atoms with E-state index in [4.69, 9.17) is 22.1 Å². The molecule has 0 unspecified atom stereocenters. The zero-order chi connectivity index (χ0) is 20.9. The minimum absolute atomic E-state index is 0.0917. The summed E-state index contributed by atoms with van der Waals surface area (Å²) in [5.41, 5.74) is 6.13. The van der Waals surface area contributed by atoms with Crippen LogP contribution in [0.3, 0.4) is 0 Å². The van der Waals surface area contributed by atoms with Crippen LogP contribution in [0.25, 0.3) is 6.08 Å². The highest BCUT2D eigenvalue weighted by molar-refractivity contribution is 7.93. The first-order valence-corrected chi connectivity index (χ1v) is 11.0. The number of aromatic nitrogens is 2. The van der Waals surface area contributed by atoms with Crippen LogP contribution in [-0.2, 0) is 31.7 Å². The van der Waals surface area contributed by atoms with Crippen molar-refractivity contribution in [2.45, 2.75) is 32.9 Å². The Balaban J connectivity index is 2.07. The number of hydrogen-bond donors (Lipinski definition) is 2. The Bertz CT molecular complexity index is 987. The lowest BCUT2D eigenvalue weighted by molar-refractivity contribution is -0.155. The summed E-state index contributed by atoms with van der Waals surface area (Å²) in [4.78, 5) is 15.3. The van der Waals surface area contributed by atoms with E-state index in [1.165, 1.54) is 13.0 Å². The van der Waals surface area contributed by atoms with Gasteiger partial charge in [-0.05, 0) is 31.0 Å². The molecule has 1 aromatic carbocycles. The van der Waals surface area contributed by atoms with Gasteiger partial charge < -0.3 is 10.5 Å². The Morgan fingerprint density at radius 1 is 1.43 bits per heavy atom. The molecule has 0 saturated carbocycles. The minimum atomic E-state index is -3.69. The second kappa shape index (κ2) is 8.99. The average molecular weight is 445 g/mol. The molecule has 2 aromatic rings. The van der Waals surface area contributed by atoms with Gasteiger partial charge in [-0.3, -0.25) is 9.52 Å². The van der Waals surface area contributed by atoms with E-state index in [-0.39, 0.29) is 23.3 Å². The molecule has 0 spiro atoms. The summed E-state index contributed by atoms with van der Waals surface area (Å²) in [6.45, 7) is 4.77. The number of carbonyl (C=O) groups excluding carboxylic acids is 1. The van der Waals surface area contributed by atoms with E-state index in [0.29, 0.717) is 5.02 Å². The fraction of sp³-hybridized carbons (Fsp3) is 0.353. The Morgan fingerprint density at radius 2 is 2.14 bits per heavy atom. The summed E-state index contributed by atoms with van der Waals surface area (Å²) >= 11 is 6.95. The van der Waals surface area contributed by atoms with Gasteiger partial charge in [0.25, 0.3) is 0 Å². The van der Waals surface area contributed by atoms with E-state index in [1.807, 2.05) is 0 Å². The van der Waals surface area contributed by atoms with Crippen molar-refractivity contribution in [2.75, 3.05) is 10.5 Å². The van der Waals surface area contributed by atoms with E-state index in [2.05, 4.69) is 14.1 Å². The van der Waals surface area contributed by atoms with Crippen LogP contribution in [0.4, 0.5) is 5.13 Å². The second-order valence-electron chi connectivity index (χ2n) is 6.32. The molecule has 0 radical (unpaired) electrons. The third-order valence-corrected chi connectivity index (χ3v) is 5.83. The number of rotatable bonds is 8. The lowest BCUT2D eigenvalue weighted by atomic mass is 10.1. The van der Waals surface area contributed by atoms with Crippen molar-refractivity contribution in [1.82, 2.24) is 9.36 Å². The van der Waals surface area contributed by atoms with Crippen LogP contribution in [0.2, 0.25) is 5.02 Å². The fourth-order valence-electron chi connectivity index (χ4n) is 2.34. The largest absolute Gasteiger partial charge is 0.452 e. The molecule has 0 aliphatic carbocycles. The van der Waals surface area contributed by atoms with Gasteiger partial charge in [0.1, 0.15) is 0 Å². The highest BCUT2D eigenvalue weighted by Crippen LogP contribution is 2.26. The summed E-state index contributed by atoms with van der Waals surface area (Å²) in [6, 6.07) is 5.30. The predicted octanol–water partition coefficient (Wildman–Crippen LogP) is 2.90. The quantitative estimate of drug-likeness (QED) is 0.599. The number of halogens is 1. The van der Waals surface area contributed by atoms with Crippen molar-refractivity contribution in [3.63, 3.8) is 0 Å². The molecule has 0 bridgehead atoms. The number of nitrogens with one attached hydrogen (secondary N) is 1. The number of sulfonamides is 1. The van der Waals surface area contributed by atoms with E-state index in [1.54, 1.807) is 38.1 Å². The molecule has 8 nitrogen and oxygen atoms in total. The number of carbonyl (C=O) groups is 1. The number of nitrogens with zero attached hydrogens (tertiary/aromatic N) is 2. The lowest BCUT2D eigenvalue weighted by Crippen LogP contribution is -2.25. The van der Waals surface area contributed by atoms with Crippen molar-refractivity contribution >= 4 is 50.3 Å². The number of hydrogen-bond acceptors (Lipinski definition) is 8. The molecule has 0 saturated heterocycles. The Hall–Kier alpha value is -2.01. The standard InChI is InChI=1S/C17H21ClN4O4S2/c1-11(23)26-17(2,3)15-20-16(27-21-15)22-28(24,25)9-5-7-12-6-4-8-14(18)13(12)10-19/h4-8H,9-10,19H2,1-3H3,(H,20,21,22). The maximum atomic E-state index is 12.3. The van der Waals surface area contributed by atoms with E-state index < -0.39 is 21.6 Å². The van der Waals surface area contributed by atoms with Crippen molar-refractivity contribution < 1.29 is 17.9 Å². The van der Waals surface area contributed by atoms with Gasteiger partial charge in [-0.2, -0.15) is 9.36 Å². The molecule has 2 rings (SSSR count). The summed E-state index contributed by atoms with van der Waals surface area (Å²) in [7, 11) is -3.69. The maximum Gasteiger partial charge on any atom is 0.303 e. The highest BCUT2D eigenvalue weighted by atomic mass is 35.5. The van der Waals surface area contributed by atoms with Crippen LogP contribution >= 0.6 is 23.1 Å². The van der Waals surface area contributed by atoms with Gasteiger partial charge in [-0.25, -0.2) is 8.42 Å². The summed E-state index contributed by atoms with van der Waals surface area (Å²) in [5.74, 6) is -0.538. The lowest BCUT2D eigenvalue weighted by Gasteiger charge is -2.20. The summed E-state index contributed by atoms with van der Waals surface area (Å²) in [5, 5.41) is 0.622. The number of anilines is 1. The van der Waals surface area contributed by atoms with Crippen LogP contribution in [0, 0.1) is 0 Å². The van der Waals surface area contributed by atoms with Gasteiger partial charge in [-0.1, -0.05) is 35.9 Å². The highest BCUT2D eigenvalue weighted by Gasteiger charge is 2.29. The van der Waals surface area contributed by atoms with Crippen molar-refractivity contribution in [3.8, 4) is 0 Å². The molecule has 3 N–H and O–H groups in total. The summed E-state index contributed by atoms with van der Waals surface area (Å²) in [6.07, 6.45) is 3.15. The van der Waals surface area contributed by atoms with E-state index >= 15 is 0 Å². The van der Waals surface area contributed by atoms with Gasteiger partial charge in [0.15, 0.2) is 11.4 Å². The van der Waals surface area contributed by atoms with Crippen LogP contribution in [-0.4, -0.2) is 29.5 Å². The van der Waals surface area contributed by atoms with Gasteiger partial charge in [-0.15, -0.1) is 0 Å². The first-order chi connectivity index (χ1) is 13.0. The minimum Gasteiger partial charge on any atom is -0.452 e. The Labute approximate surface area is 173 Å². The molecule has 0 fully saturated rings. The topological polar surface area (TPSA) is 124 Å². The molecule has 152 valence electrons. The third-order valence-electron chi connectivity index (χ3n) is 3.58. The zero-order valence-corrected chi connectivity index (χ0v) is 18.0. The van der Waals surface area contributed by atoms with Gasteiger partial charge in [0.2, 0.25) is 15.2 Å². The number of esters is 1. The summed E-state index contributed by atoms with van der Waals surface area (Å²) < 4.78 is 36.2. The fourth-order valence-corrected chi connectivity index (χ4v) is 4.43. The second-order valence-corrected chi connectivity index (χ2v) is 9.25. The molecule has 0 aliphatic heterocycles. The molecule has 0 aliphatic rings. The first kappa shape index (κ1) is 22.3. The normalized spacial score (nSPS) is 12.3. The van der Waals surface area contributed by atoms with E-state index in [9.17, 15) is 13.2 Å². The number of nitrogens with two attached hydrogens (primary N) is 1. The molecule has 11 heteroatoms. The smallest absolute Gasteiger partial charge is 0.303 e. The molecule has 0 atom stereocenters. The number of benzene rings is 1. The van der Waals surface area contributed by atoms with E-state index in [0.717, 1.165) is 22.7 Å². The van der Waals surface area contributed by atoms with Crippen molar-refractivity contribution in [3.05, 3.63) is 46.2 Å². The van der Waals surface area contributed by atoms with Crippen molar-refractivity contribution in [1.29, 1.82) is 0 Å². The molecular formula is C17H21ClN4O4S2. The third kappa shape index (κ3) is 5.99. The van der Waals surface area contributed by atoms with Crippen molar-refractivity contribution in [2.24, 2.45) is 5.73 Å². The molecule has 28 heavy (non-hydrogen) atoms. The molecule has 0 amide bonds. The number of ether oxygens (including phenoxy) is 1.